The second-order valence-electron chi connectivity index (χ2n) is 4.01. The lowest BCUT2D eigenvalue weighted by Crippen LogP contribution is -2.63. The molecular weight excluding hydrogens is 176 g/mol. The maximum atomic E-state index is 3.76. The van der Waals surface area contributed by atoms with Crippen LogP contribution in [-0.4, -0.2) is 33.6 Å². The molecule has 2 nitrogen and oxygen atoms in total. The fourth-order valence-corrected chi connectivity index (χ4v) is 6.62. The lowest BCUT2D eigenvalue weighted by Gasteiger charge is -2.41. The Bertz CT molecular complexity index is 139. The highest BCUT2D eigenvalue weighted by atomic mass is 28.3. The maximum Gasteiger partial charge on any atom is 0.206 e. The Hall–Kier alpha value is 0.137. The monoisotopic (exact) mass is 202 g/mol. The summed E-state index contributed by atoms with van der Waals surface area (Å²) < 4.78 is 2.46. The Kier molecular flexibility index (Phi) is 5.84. The first-order valence-corrected chi connectivity index (χ1v) is 7.70. The first kappa shape index (κ1) is 13.1. The van der Waals surface area contributed by atoms with Gasteiger partial charge in [-0.3, -0.25) is 0 Å². The van der Waals surface area contributed by atoms with E-state index in [1.165, 1.54) is 12.5 Å². The molecule has 0 spiro atoms. The van der Waals surface area contributed by atoms with Crippen LogP contribution in [0.2, 0.25) is 11.6 Å². The average Bonchev–Trinajstić information content (AvgIpc) is 2.12. The Labute approximate surface area is 84.9 Å². The van der Waals surface area contributed by atoms with E-state index < -0.39 is 8.40 Å². The van der Waals surface area contributed by atoms with E-state index in [1.54, 1.807) is 0 Å². The van der Waals surface area contributed by atoms with Gasteiger partial charge in [0.25, 0.3) is 0 Å². The first-order chi connectivity index (χ1) is 6.05. The van der Waals surface area contributed by atoms with Crippen LogP contribution >= 0.6 is 0 Å². The van der Waals surface area contributed by atoms with Crippen molar-refractivity contribution in [1.29, 1.82) is 0 Å². The van der Waals surface area contributed by atoms with Gasteiger partial charge in [0.15, 0.2) is 0 Å². The second-order valence-corrected chi connectivity index (χ2v) is 8.80. The van der Waals surface area contributed by atoms with E-state index in [-0.39, 0.29) is 0 Å². The molecule has 0 radical (unpaired) electrons. The normalized spacial score (nSPS) is 18.7. The summed E-state index contributed by atoms with van der Waals surface area (Å²) >= 11 is 0. The molecule has 0 aliphatic rings. The van der Waals surface area contributed by atoms with Crippen molar-refractivity contribution in [2.24, 2.45) is 0 Å². The van der Waals surface area contributed by atoms with Crippen molar-refractivity contribution in [2.45, 2.75) is 45.7 Å². The summed E-state index contributed by atoms with van der Waals surface area (Å²) in [6.45, 7) is 10.3. The Balaban J connectivity index is 4.63. The summed E-state index contributed by atoms with van der Waals surface area (Å²) in [4.78, 5) is 3.76. The van der Waals surface area contributed by atoms with E-state index in [1.807, 2.05) is 0 Å². The minimum Gasteiger partial charge on any atom is -0.325 e. The largest absolute Gasteiger partial charge is 0.325 e. The van der Waals surface area contributed by atoms with Gasteiger partial charge < -0.3 is 9.55 Å². The molecule has 0 aromatic heterocycles. The predicted molar refractivity (Wildman–Crippen MR) is 63.3 cm³/mol. The zero-order chi connectivity index (χ0) is 10.5. The van der Waals surface area contributed by atoms with Crippen molar-refractivity contribution < 1.29 is 0 Å². The van der Waals surface area contributed by atoms with Gasteiger partial charge in [0, 0.05) is 0 Å². The molecule has 2 atom stereocenters. The van der Waals surface area contributed by atoms with Gasteiger partial charge in [-0.1, -0.05) is 34.1 Å². The van der Waals surface area contributed by atoms with Crippen LogP contribution in [-0.2, 0) is 0 Å². The zero-order valence-corrected chi connectivity index (χ0v) is 11.1. The molecule has 0 aliphatic carbocycles. The summed E-state index contributed by atoms with van der Waals surface area (Å²) in [5.74, 6) is 0. The molecular formula is C10H26N2Si. The molecule has 0 aliphatic heterocycles. The highest BCUT2D eigenvalue weighted by Gasteiger charge is 2.38. The highest BCUT2D eigenvalue weighted by Crippen LogP contribution is 2.27. The summed E-state index contributed by atoms with van der Waals surface area (Å²) in [6, 6.07) is 1.29. The minimum atomic E-state index is -1.37. The molecule has 0 amide bonds. The Morgan fingerprint density at radius 2 is 1.77 bits per heavy atom. The van der Waals surface area contributed by atoms with Crippen molar-refractivity contribution in [3.05, 3.63) is 0 Å². The molecule has 0 aromatic carbocycles. The number of nitrogens with zero attached hydrogens (tertiary/aromatic N) is 1. The fraction of sp³-hybridized carbons (Fsp3) is 1.00. The molecule has 0 saturated carbocycles. The third kappa shape index (κ3) is 2.79. The molecule has 0 saturated heterocycles. The van der Waals surface area contributed by atoms with E-state index in [0.29, 0.717) is 0 Å². The van der Waals surface area contributed by atoms with Crippen LogP contribution in [0.15, 0.2) is 0 Å². The van der Waals surface area contributed by atoms with Gasteiger partial charge in [-0.05, 0) is 32.2 Å². The number of rotatable bonds is 6. The van der Waals surface area contributed by atoms with Gasteiger partial charge in [0.05, 0.1) is 0 Å². The van der Waals surface area contributed by atoms with Crippen molar-refractivity contribution in [2.75, 3.05) is 20.6 Å². The fourth-order valence-electron chi connectivity index (χ4n) is 2.21. The molecule has 80 valence electrons. The van der Waals surface area contributed by atoms with Crippen LogP contribution in [0.1, 0.15) is 34.1 Å². The lowest BCUT2D eigenvalue weighted by atomic mass is 10.4. The quantitative estimate of drug-likeness (QED) is 0.666. The van der Waals surface area contributed by atoms with Crippen molar-refractivity contribution >= 4 is 8.40 Å². The van der Waals surface area contributed by atoms with Crippen LogP contribution in [0.3, 0.4) is 0 Å². The van der Waals surface area contributed by atoms with Gasteiger partial charge in [-0.25, -0.2) is 0 Å². The highest BCUT2D eigenvalue weighted by molar-refractivity contribution is 6.76. The van der Waals surface area contributed by atoms with Crippen molar-refractivity contribution in [3.63, 3.8) is 0 Å². The van der Waals surface area contributed by atoms with Gasteiger partial charge in [-0.2, -0.15) is 0 Å². The van der Waals surface area contributed by atoms with Gasteiger partial charge in [0.2, 0.25) is 8.40 Å². The van der Waals surface area contributed by atoms with Crippen LogP contribution in [0.5, 0.6) is 0 Å². The summed E-state index contributed by atoms with van der Waals surface area (Å²) in [7, 11) is 3.09. The van der Waals surface area contributed by atoms with Gasteiger partial charge >= 0.3 is 0 Å². The smallest absolute Gasteiger partial charge is 0.206 e. The standard InChI is InChI=1S/C10H26N2Si/c1-7-10(4)13(9-3,11-8-2)12(5)6/h10-11H,7-9H2,1-6H3. The first-order valence-electron chi connectivity index (χ1n) is 5.47. The van der Waals surface area contributed by atoms with Crippen LogP contribution in [0.25, 0.3) is 0 Å². The summed E-state index contributed by atoms with van der Waals surface area (Å²) in [5, 5.41) is 0. The van der Waals surface area contributed by atoms with E-state index in [0.717, 1.165) is 12.1 Å². The molecule has 1 N–H and O–H groups in total. The molecule has 0 heterocycles. The lowest BCUT2D eigenvalue weighted by molar-refractivity contribution is 0.546. The van der Waals surface area contributed by atoms with Gasteiger partial charge in [0.1, 0.15) is 0 Å². The van der Waals surface area contributed by atoms with E-state index >= 15 is 0 Å². The third-order valence-corrected chi connectivity index (χ3v) is 8.93. The summed E-state index contributed by atoms with van der Waals surface area (Å²) in [6.07, 6.45) is 1.28. The molecule has 3 heteroatoms. The third-order valence-electron chi connectivity index (χ3n) is 3.25. The van der Waals surface area contributed by atoms with E-state index in [9.17, 15) is 0 Å². The molecule has 0 aromatic rings. The molecule has 2 unspecified atom stereocenters. The second kappa shape index (κ2) is 5.78. The molecule has 13 heavy (non-hydrogen) atoms. The predicted octanol–water partition coefficient (Wildman–Crippen LogP) is 2.42. The van der Waals surface area contributed by atoms with Crippen molar-refractivity contribution in [3.8, 4) is 0 Å². The topological polar surface area (TPSA) is 15.3 Å². The average molecular weight is 202 g/mol. The molecule has 0 rings (SSSR count). The molecule has 0 fully saturated rings. The number of hydrogen-bond acceptors (Lipinski definition) is 2. The SMILES string of the molecule is CCN[Si](CC)(C(C)CC)N(C)C. The van der Waals surface area contributed by atoms with Gasteiger partial charge in [-0.15, -0.1) is 0 Å². The maximum absolute atomic E-state index is 3.76. The zero-order valence-electron chi connectivity index (χ0n) is 10.1. The molecule has 0 bridgehead atoms. The van der Waals surface area contributed by atoms with E-state index in [2.05, 4.69) is 51.3 Å². The van der Waals surface area contributed by atoms with Crippen LogP contribution in [0.4, 0.5) is 0 Å². The Morgan fingerprint density at radius 3 is 2.00 bits per heavy atom. The summed E-state index contributed by atoms with van der Waals surface area (Å²) in [5.41, 5.74) is 0.826. The van der Waals surface area contributed by atoms with Crippen molar-refractivity contribution in [1.82, 2.24) is 9.55 Å². The minimum absolute atomic E-state index is 0.826. The van der Waals surface area contributed by atoms with Crippen LogP contribution in [0, 0.1) is 0 Å². The van der Waals surface area contributed by atoms with Crippen LogP contribution < -0.4 is 4.98 Å². The van der Waals surface area contributed by atoms with E-state index in [4.69, 9.17) is 0 Å². The number of hydrogen-bond donors (Lipinski definition) is 1. The Morgan fingerprint density at radius 1 is 1.23 bits per heavy atom. The number of nitrogens with one attached hydrogen (secondary N) is 1.